The van der Waals surface area contributed by atoms with Crippen molar-refractivity contribution in [2.75, 3.05) is 27.7 Å². The number of nitrogens with one attached hydrogen (secondary N) is 3. The summed E-state index contributed by atoms with van der Waals surface area (Å²) in [5.41, 5.74) is -1.06. The first-order valence-electron chi connectivity index (χ1n) is 5.40. The number of aliphatic hydroxyl groups excluding tert-OH is 1. The van der Waals surface area contributed by atoms with Crippen molar-refractivity contribution in [1.29, 1.82) is 0 Å². The smallest absolute Gasteiger partial charge is 0.133 e. The number of hydrogen-bond donors (Lipinski definition) is 5. The highest BCUT2D eigenvalue weighted by Crippen LogP contribution is 2.15. The zero-order valence-corrected chi connectivity index (χ0v) is 10.2. The fraction of sp³-hybridized carbons (Fsp3) is 1.00. The molecular formula is C10H25N3O2. The molecular weight excluding hydrogens is 194 g/mol. The Morgan fingerprint density at radius 2 is 1.80 bits per heavy atom. The molecule has 3 atom stereocenters. The molecule has 0 aromatic rings. The lowest BCUT2D eigenvalue weighted by atomic mass is 9.96. The third kappa shape index (κ3) is 4.44. The van der Waals surface area contributed by atoms with Gasteiger partial charge in [-0.2, -0.15) is 0 Å². The zero-order valence-electron chi connectivity index (χ0n) is 10.2. The van der Waals surface area contributed by atoms with Gasteiger partial charge in [0, 0.05) is 6.04 Å². The highest BCUT2D eigenvalue weighted by Gasteiger charge is 2.33. The topological polar surface area (TPSA) is 76.5 Å². The minimum Gasteiger partial charge on any atom is -0.395 e. The molecule has 0 spiro atoms. The van der Waals surface area contributed by atoms with E-state index in [1.807, 2.05) is 7.05 Å². The third-order valence-electron chi connectivity index (χ3n) is 2.99. The summed E-state index contributed by atoms with van der Waals surface area (Å²) in [6.07, 6.45) is 1.42. The van der Waals surface area contributed by atoms with Crippen LogP contribution in [0.3, 0.4) is 0 Å². The van der Waals surface area contributed by atoms with Crippen molar-refractivity contribution in [3.05, 3.63) is 0 Å². The molecule has 15 heavy (non-hydrogen) atoms. The second-order valence-electron chi connectivity index (χ2n) is 3.93. The second kappa shape index (κ2) is 7.14. The van der Waals surface area contributed by atoms with Gasteiger partial charge in [0.25, 0.3) is 0 Å². The van der Waals surface area contributed by atoms with Crippen LogP contribution in [-0.2, 0) is 0 Å². The molecule has 0 fully saturated rings. The summed E-state index contributed by atoms with van der Waals surface area (Å²) in [5, 5.41) is 28.3. The molecule has 5 heteroatoms. The predicted octanol–water partition coefficient (Wildman–Crippen LogP) is -1.14. The fourth-order valence-electron chi connectivity index (χ4n) is 1.54. The summed E-state index contributed by atoms with van der Waals surface area (Å²) < 4.78 is 0. The van der Waals surface area contributed by atoms with Gasteiger partial charge in [0.05, 0.1) is 12.6 Å². The maximum atomic E-state index is 10.3. The molecule has 0 saturated heterocycles. The van der Waals surface area contributed by atoms with Crippen LogP contribution in [0.4, 0.5) is 0 Å². The van der Waals surface area contributed by atoms with E-state index in [4.69, 9.17) is 5.11 Å². The van der Waals surface area contributed by atoms with Crippen molar-refractivity contribution in [3.63, 3.8) is 0 Å². The van der Waals surface area contributed by atoms with Crippen LogP contribution in [0.25, 0.3) is 0 Å². The van der Waals surface area contributed by atoms with Gasteiger partial charge >= 0.3 is 0 Å². The van der Waals surface area contributed by atoms with Gasteiger partial charge in [0.15, 0.2) is 0 Å². The van der Waals surface area contributed by atoms with Crippen LogP contribution in [0.1, 0.15) is 19.8 Å². The molecule has 5 N–H and O–H groups in total. The lowest BCUT2D eigenvalue weighted by Gasteiger charge is -2.35. The van der Waals surface area contributed by atoms with Crippen LogP contribution < -0.4 is 16.0 Å². The zero-order chi connectivity index (χ0) is 11.9. The van der Waals surface area contributed by atoms with Crippen LogP contribution in [-0.4, -0.2) is 55.8 Å². The van der Waals surface area contributed by atoms with E-state index >= 15 is 0 Å². The molecule has 0 bridgehead atoms. The summed E-state index contributed by atoms with van der Waals surface area (Å²) >= 11 is 0. The van der Waals surface area contributed by atoms with Gasteiger partial charge in [-0.1, -0.05) is 0 Å². The average Bonchev–Trinajstić information content (AvgIpc) is 2.27. The van der Waals surface area contributed by atoms with E-state index < -0.39 is 5.72 Å². The average molecular weight is 219 g/mol. The van der Waals surface area contributed by atoms with Crippen LogP contribution >= 0.6 is 0 Å². The molecule has 0 aliphatic rings. The third-order valence-corrected chi connectivity index (χ3v) is 2.99. The molecule has 5 nitrogen and oxygen atoms in total. The Kier molecular flexibility index (Phi) is 7.04. The summed E-state index contributed by atoms with van der Waals surface area (Å²) in [5.74, 6) is 0. The largest absolute Gasteiger partial charge is 0.395 e. The monoisotopic (exact) mass is 219 g/mol. The fourth-order valence-corrected chi connectivity index (χ4v) is 1.54. The first-order chi connectivity index (χ1) is 7.03. The van der Waals surface area contributed by atoms with Gasteiger partial charge in [0.1, 0.15) is 5.72 Å². The van der Waals surface area contributed by atoms with Crippen molar-refractivity contribution < 1.29 is 10.2 Å². The number of hydrogen-bond acceptors (Lipinski definition) is 5. The molecule has 92 valence electrons. The molecule has 0 aromatic heterocycles. The van der Waals surface area contributed by atoms with Crippen molar-refractivity contribution >= 4 is 0 Å². The molecule has 0 rings (SSSR count). The van der Waals surface area contributed by atoms with Crippen LogP contribution in [0.5, 0.6) is 0 Å². The first-order valence-corrected chi connectivity index (χ1v) is 5.40. The molecule has 0 aromatic carbocycles. The highest BCUT2D eigenvalue weighted by atomic mass is 16.3. The van der Waals surface area contributed by atoms with Gasteiger partial charge in [-0.3, -0.25) is 5.32 Å². The van der Waals surface area contributed by atoms with Crippen LogP contribution in [0.2, 0.25) is 0 Å². The lowest BCUT2D eigenvalue weighted by molar-refractivity contribution is -0.0472. The summed E-state index contributed by atoms with van der Waals surface area (Å²) in [6, 6.07) is -0.00682. The Hall–Kier alpha value is -0.200. The molecule has 0 saturated carbocycles. The van der Waals surface area contributed by atoms with Gasteiger partial charge in [-0.25, -0.2) is 0 Å². The maximum Gasteiger partial charge on any atom is 0.133 e. The van der Waals surface area contributed by atoms with Crippen LogP contribution in [0, 0.1) is 0 Å². The van der Waals surface area contributed by atoms with Gasteiger partial charge < -0.3 is 20.8 Å². The lowest BCUT2D eigenvalue weighted by Crippen LogP contribution is -2.60. The van der Waals surface area contributed by atoms with Crippen molar-refractivity contribution in [3.8, 4) is 0 Å². The Balaban J connectivity index is 4.28. The highest BCUT2D eigenvalue weighted by molar-refractivity contribution is 4.88. The van der Waals surface area contributed by atoms with Crippen molar-refractivity contribution in [1.82, 2.24) is 16.0 Å². The van der Waals surface area contributed by atoms with E-state index in [0.29, 0.717) is 12.5 Å². The normalized spacial score (nSPS) is 19.6. The molecule has 0 aliphatic carbocycles. The summed E-state index contributed by atoms with van der Waals surface area (Å²) in [4.78, 5) is 0. The number of aliphatic hydroxyl groups is 2. The van der Waals surface area contributed by atoms with E-state index in [9.17, 15) is 5.11 Å². The maximum absolute atomic E-state index is 10.3. The molecule has 0 radical (unpaired) electrons. The minimum absolute atomic E-state index is 0.0955. The predicted molar refractivity (Wildman–Crippen MR) is 61.7 cm³/mol. The van der Waals surface area contributed by atoms with E-state index in [2.05, 4.69) is 22.9 Å². The Labute approximate surface area is 92.3 Å². The van der Waals surface area contributed by atoms with E-state index in [-0.39, 0.29) is 12.6 Å². The van der Waals surface area contributed by atoms with Crippen molar-refractivity contribution in [2.45, 2.75) is 37.6 Å². The standard InChI is InChI=1S/C10H25N3O2/c1-8(11-2)5-6-10(15,13-4)9(7-14)12-3/h8-9,11-15H,5-7H2,1-4H3. The quantitative estimate of drug-likeness (QED) is 0.334. The SMILES string of the molecule is CNC(C)CCC(O)(NC)C(CO)NC. The van der Waals surface area contributed by atoms with E-state index in [0.717, 1.165) is 6.42 Å². The molecule has 0 amide bonds. The van der Waals surface area contributed by atoms with Gasteiger partial charge in [-0.05, 0) is 40.9 Å². The Morgan fingerprint density at radius 1 is 1.20 bits per heavy atom. The second-order valence-corrected chi connectivity index (χ2v) is 3.93. The molecule has 0 aliphatic heterocycles. The first kappa shape index (κ1) is 14.8. The minimum atomic E-state index is -1.06. The van der Waals surface area contributed by atoms with Gasteiger partial charge in [-0.15, -0.1) is 0 Å². The number of likely N-dealkylation sites (N-methyl/N-ethyl adjacent to an activating group) is 2. The van der Waals surface area contributed by atoms with Crippen LogP contribution in [0.15, 0.2) is 0 Å². The Morgan fingerprint density at radius 3 is 2.13 bits per heavy atom. The van der Waals surface area contributed by atoms with Gasteiger partial charge in [0.2, 0.25) is 0 Å². The van der Waals surface area contributed by atoms with E-state index in [1.54, 1.807) is 14.1 Å². The number of rotatable bonds is 8. The van der Waals surface area contributed by atoms with E-state index in [1.165, 1.54) is 0 Å². The molecule has 0 heterocycles. The Bertz CT molecular complexity index is 165. The summed E-state index contributed by atoms with van der Waals surface area (Å²) in [7, 11) is 5.32. The summed E-state index contributed by atoms with van der Waals surface area (Å²) in [6.45, 7) is 1.96. The van der Waals surface area contributed by atoms with Crippen molar-refractivity contribution in [2.24, 2.45) is 0 Å². The molecule has 3 unspecified atom stereocenters.